The van der Waals surface area contributed by atoms with Gasteiger partial charge < -0.3 is 10.2 Å². The van der Waals surface area contributed by atoms with Crippen LogP contribution in [0.4, 0.5) is 11.4 Å². The molecule has 0 aliphatic carbocycles. The van der Waals surface area contributed by atoms with Gasteiger partial charge in [-0.2, -0.15) is 4.89 Å². The van der Waals surface area contributed by atoms with Crippen molar-refractivity contribution < 1.29 is 25.2 Å². The van der Waals surface area contributed by atoms with Gasteiger partial charge in [-0.25, -0.2) is 15.2 Å². The molecule has 6 rings (SSSR count). The van der Waals surface area contributed by atoms with E-state index in [-0.39, 0.29) is 17.9 Å². The molecule has 0 bridgehead atoms. The van der Waals surface area contributed by atoms with Crippen molar-refractivity contribution in [3.8, 4) is 11.5 Å². The predicted octanol–water partition coefficient (Wildman–Crippen LogP) is 4.75. The largest absolute Gasteiger partial charge is 0.508 e. The third-order valence-electron chi connectivity index (χ3n) is 6.48. The number of aliphatic imine (C=N–C) groups is 2. The van der Waals surface area contributed by atoms with Crippen LogP contribution in [0.1, 0.15) is 11.1 Å². The fourth-order valence-electron chi connectivity index (χ4n) is 4.73. The van der Waals surface area contributed by atoms with E-state index in [0.29, 0.717) is 34.9 Å². The Morgan fingerprint density at radius 1 is 0.861 bits per heavy atom. The SMILES string of the molecule is O=C1N2C(=N[C@@]1(Cc1ccc(O)cc1)OO)C(Cc1ccccc1)=Nc1c2ccc2cc(O)ccc12. The number of aromatic hydroxyl groups is 2. The summed E-state index contributed by atoms with van der Waals surface area (Å²) in [4.78, 5) is 29.7. The molecule has 1 amide bonds. The average Bonchev–Trinajstić information content (AvgIpc) is 3.18. The summed E-state index contributed by atoms with van der Waals surface area (Å²) in [7, 11) is 0. The molecule has 8 nitrogen and oxygen atoms in total. The van der Waals surface area contributed by atoms with Crippen LogP contribution in [0.15, 0.2) is 94.9 Å². The second-order valence-electron chi connectivity index (χ2n) is 8.85. The lowest BCUT2D eigenvalue weighted by Gasteiger charge is -2.28. The van der Waals surface area contributed by atoms with E-state index >= 15 is 0 Å². The summed E-state index contributed by atoms with van der Waals surface area (Å²) in [5.41, 5.74) is 1.36. The first-order valence-corrected chi connectivity index (χ1v) is 11.4. The zero-order valence-corrected chi connectivity index (χ0v) is 19.0. The molecule has 4 aromatic carbocycles. The molecule has 178 valence electrons. The Hall–Kier alpha value is -4.53. The lowest BCUT2D eigenvalue weighted by molar-refractivity contribution is -0.307. The number of carbonyl (C=O) groups is 1. The molecule has 2 aliphatic rings. The van der Waals surface area contributed by atoms with Gasteiger partial charge in [0.2, 0.25) is 0 Å². The Labute approximate surface area is 206 Å². The monoisotopic (exact) mass is 479 g/mol. The summed E-state index contributed by atoms with van der Waals surface area (Å²) in [5, 5.41) is 31.1. The number of hydrogen-bond donors (Lipinski definition) is 3. The molecule has 0 saturated heterocycles. The smallest absolute Gasteiger partial charge is 0.291 e. The molecule has 2 heterocycles. The average molecular weight is 479 g/mol. The van der Waals surface area contributed by atoms with Gasteiger partial charge in [-0.15, -0.1) is 0 Å². The Bertz CT molecular complexity index is 1560. The second kappa shape index (κ2) is 8.30. The van der Waals surface area contributed by atoms with Crippen LogP contribution < -0.4 is 4.90 Å². The zero-order valence-electron chi connectivity index (χ0n) is 19.0. The van der Waals surface area contributed by atoms with E-state index in [1.165, 1.54) is 17.0 Å². The van der Waals surface area contributed by atoms with E-state index in [2.05, 4.69) is 4.99 Å². The van der Waals surface area contributed by atoms with Crippen LogP contribution in [0, 0.1) is 0 Å². The highest BCUT2D eigenvalue weighted by molar-refractivity contribution is 6.55. The Kier molecular flexibility index (Phi) is 5.06. The number of fused-ring (bicyclic) bond motifs is 5. The first-order valence-electron chi connectivity index (χ1n) is 11.4. The van der Waals surface area contributed by atoms with Crippen molar-refractivity contribution in [2.24, 2.45) is 9.98 Å². The van der Waals surface area contributed by atoms with Crippen LogP contribution in [-0.4, -0.2) is 38.6 Å². The molecule has 36 heavy (non-hydrogen) atoms. The molecule has 3 N–H and O–H groups in total. The molecule has 0 spiro atoms. The van der Waals surface area contributed by atoms with Gasteiger partial charge in [0, 0.05) is 18.2 Å². The number of nitrogens with zero attached hydrogens (tertiary/aromatic N) is 3. The molecule has 0 radical (unpaired) electrons. The summed E-state index contributed by atoms with van der Waals surface area (Å²) in [6, 6.07) is 24.5. The quantitative estimate of drug-likeness (QED) is 0.282. The van der Waals surface area contributed by atoms with E-state index in [1.54, 1.807) is 42.5 Å². The van der Waals surface area contributed by atoms with Crippen molar-refractivity contribution >= 4 is 39.6 Å². The maximum absolute atomic E-state index is 13.9. The minimum Gasteiger partial charge on any atom is -0.508 e. The third kappa shape index (κ3) is 3.51. The second-order valence-corrected chi connectivity index (χ2v) is 8.85. The van der Waals surface area contributed by atoms with Crippen molar-refractivity contribution in [2.75, 3.05) is 4.90 Å². The van der Waals surface area contributed by atoms with Crippen molar-refractivity contribution in [3.63, 3.8) is 0 Å². The molecule has 2 aliphatic heterocycles. The number of rotatable bonds is 5. The van der Waals surface area contributed by atoms with Gasteiger partial charge in [0.05, 0.1) is 17.1 Å². The van der Waals surface area contributed by atoms with Gasteiger partial charge in [0.25, 0.3) is 11.6 Å². The highest BCUT2D eigenvalue weighted by atomic mass is 17.1. The molecule has 0 aromatic heterocycles. The Morgan fingerprint density at radius 3 is 2.36 bits per heavy atom. The summed E-state index contributed by atoms with van der Waals surface area (Å²) in [6.07, 6.45) is 0.357. The molecule has 1 atom stereocenters. The highest BCUT2D eigenvalue weighted by Crippen LogP contribution is 2.44. The lowest BCUT2D eigenvalue weighted by Crippen LogP contribution is -2.47. The first-order chi connectivity index (χ1) is 17.5. The summed E-state index contributed by atoms with van der Waals surface area (Å²) in [5.74, 6) is -0.0219. The van der Waals surface area contributed by atoms with Gasteiger partial charge in [-0.05, 0) is 52.9 Å². The maximum Gasteiger partial charge on any atom is 0.291 e. The standard InChI is InChI=1S/C28H21N3O5/c32-20-9-6-18(7-10-20)16-28(36-35)27(34)31-24-13-8-19-15-21(33)11-12-22(19)25(24)29-23(26(31)30-28)14-17-4-2-1-3-5-17/h1-13,15,32-33,35H,14,16H2/t28-/m0/s1. The summed E-state index contributed by atoms with van der Waals surface area (Å²) < 4.78 is 0. The van der Waals surface area contributed by atoms with Crippen molar-refractivity contribution in [1.29, 1.82) is 0 Å². The number of phenolic OH excluding ortho intramolecular Hbond substituents is 2. The number of phenols is 2. The van der Waals surface area contributed by atoms with E-state index in [1.807, 2.05) is 30.3 Å². The van der Waals surface area contributed by atoms with E-state index < -0.39 is 11.6 Å². The fourth-order valence-corrected chi connectivity index (χ4v) is 4.73. The van der Waals surface area contributed by atoms with Gasteiger partial charge >= 0.3 is 0 Å². The summed E-state index contributed by atoms with van der Waals surface area (Å²) in [6.45, 7) is 0. The van der Waals surface area contributed by atoms with Gasteiger partial charge in [0.15, 0.2) is 5.84 Å². The lowest BCUT2D eigenvalue weighted by atomic mass is 10.00. The molecule has 0 fully saturated rings. The molecule has 0 saturated carbocycles. The van der Waals surface area contributed by atoms with E-state index in [0.717, 1.165) is 16.3 Å². The van der Waals surface area contributed by atoms with Gasteiger partial charge in [-0.1, -0.05) is 48.5 Å². The first kappa shape index (κ1) is 22.0. The highest BCUT2D eigenvalue weighted by Gasteiger charge is 2.53. The van der Waals surface area contributed by atoms with Crippen molar-refractivity contribution in [1.82, 2.24) is 0 Å². The Balaban J connectivity index is 1.52. The van der Waals surface area contributed by atoms with E-state index in [9.17, 15) is 20.3 Å². The minimum atomic E-state index is -1.91. The van der Waals surface area contributed by atoms with Crippen LogP contribution in [0.3, 0.4) is 0 Å². The number of anilines is 1. The van der Waals surface area contributed by atoms with E-state index in [4.69, 9.17) is 9.88 Å². The minimum absolute atomic E-state index is 0.0436. The van der Waals surface area contributed by atoms with Crippen LogP contribution in [0.2, 0.25) is 0 Å². The van der Waals surface area contributed by atoms with Crippen LogP contribution in [0.25, 0.3) is 10.8 Å². The topological polar surface area (TPSA) is 115 Å². The number of benzene rings is 4. The zero-order chi connectivity index (χ0) is 24.9. The summed E-state index contributed by atoms with van der Waals surface area (Å²) >= 11 is 0. The van der Waals surface area contributed by atoms with Crippen molar-refractivity contribution in [2.45, 2.75) is 18.6 Å². The number of amides is 1. The fraction of sp³-hybridized carbons (Fsp3) is 0.107. The van der Waals surface area contributed by atoms with Crippen LogP contribution in [-0.2, 0) is 22.5 Å². The predicted molar refractivity (Wildman–Crippen MR) is 136 cm³/mol. The number of amidine groups is 1. The molecule has 0 unspecified atom stereocenters. The Morgan fingerprint density at radius 2 is 1.61 bits per heavy atom. The normalized spacial score (nSPS) is 18.6. The molecular weight excluding hydrogens is 458 g/mol. The molecular formula is C28H21N3O5. The molecule has 4 aromatic rings. The van der Waals surface area contributed by atoms with Crippen molar-refractivity contribution in [3.05, 3.63) is 96.1 Å². The third-order valence-corrected chi connectivity index (χ3v) is 6.48. The van der Waals surface area contributed by atoms with Crippen LogP contribution >= 0.6 is 0 Å². The maximum atomic E-state index is 13.9. The number of carbonyl (C=O) groups excluding carboxylic acids is 1. The number of hydrogen-bond acceptors (Lipinski definition) is 7. The van der Waals surface area contributed by atoms with Gasteiger partial charge in [-0.3, -0.25) is 9.69 Å². The molecule has 8 heteroatoms. The van der Waals surface area contributed by atoms with Gasteiger partial charge in [0.1, 0.15) is 11.5 Å². The van der Waals surface area contributed by atoms with Crippen LogP contribution in [0.5, 0.6) is 11.5 Å².